The van der Waals surface area contributed by atoms with Crippen LogP contribution in [0.5, 0.6) is 0 Å². The minimum absolute atomic E-state index is 0.181. The summed E-state index contributed by atoms with van der Waals surface area (Å²) in [5, 5.41) is 9.44. The van der Waals surface area contributed by atoms with E-state index < -0.39 is 29.9 Å². The van der Waals surface area contributed by atoms with E-state index in [4.69, 9.17) is 9.57 Å². The lowest BCUT2D eigenvalue weighted by atomic mass is 10.1. The van der Waals surface area contributed by atoms with Crippen molar-refractivity contribution in [3.63, 3.8) is 0 Å². The van der Waals surface area contributed by atoms with Gasteiger partial charge in [-0.1, -0.05) is 12.1 Å². The number of rotatable bonds is 4. The smallest absolute Gasteiger partial charge is 0.330 e. The Kier molecular flexibility index (Phi) is 3.30. The minimum atomic E-state index is -1.49. The molecule has 0 saturated carbocycles. The van der Waals surface area contributed by atoms with Crippen molar-refractivity contribution >= 4 is 17.8 Å². The second kappa shape index (κ2) is 5.15. The van der Waals surface area contributed by atoms with Crippen LogP contribution in [0, 0.1) is 0 Å². The zero-order valence-electron chi connectivity index (χ0n) is 11.5. The molecule has 0 spiro atoms. The van der Waals surface area contributed by atoms with Gasteiger partial charge in [0, 0.05) is 6.08 Å². The average Bonchev–Trinajstić information content (AvgIpc) is 3.07. The monoisotopic (exact) mass is 304 g/mol. The van der Waals surface area contributed by atoms with Crippen LogP contribution in [0.2, 0.25) is 0 Å². The Balaban J connectivity index is 1.98. The molecule has 2 amide bonds. The Hall–Kier alpha value is -2.87. The number of hydroxylamine groups is 1. The van der Waals surface area contributed by atoms with Gasteiger partial charge in [-0.05, 0) is 12.1 Å². The van der Waals surface area contributed by atoms with E-state index in [1.807, 2.05) is 0 Å². The van der Waals surface area contributed by atoms with Crippen LogP contribution in [0.3, 0.4) is 0 Å². The maximum Gasteiger partial charge on any atom is 0.330 e. The Morgan fingerprint density at radius 3 is 2.36 bits per heavy atom. The van der Waals surface area contributed by atoms with E-state index in [1.54, 1.807) is 12.1 Å². The van der Waals surface area contributed by atoms with Gasteiger partial charge in [0.15, 0.2) is 6.04 Å². The van der Waals surface area contributed by atoms with Gasteiger partial charge in [-0.15, -0.1) is 0 Å². The first-order chi connectivity index (χ1) is 10.5. The second-order valence-electron chi connectivity index (χ2n) is 4.73. The highest BCUT2D eigenvalue weighted by molar-refractivity contribution is 6.22. The lowest BCUT2D eigenvalue weighted by Gasteiger charge is -2.25. The summed E-state index contributed by atoms with van der Waals surface area (Å²) < 4.78 is 4.89. The average molecular weight is 304 g/mol. The number of aliphatic carboxylic acids is 1. The van der Waals surface area contributed by atoms with Crippen LogP contribution in [0.1, 0.15) is 20.7 Å². The zero-order chi connectivity index (χ0) is 15.9. The third-order valence-electron chi connectivity index (χ3n) is 3.50. The Bertz CT molecular complexity index is 663. The van der Waals surface area contributed by atoms with Crippen molar-refractivity contribution in [2.24, 2.45) is 0 Å². The van der Waals surface area contributed by atoms with E-state index in [1.165, 1.54) is 25.3 Å². The number of amides is 2. The summed E-state index contributed by atoms with van der Waals surface area (Å²) >= 11 is 0. The van der Waals surface area contributed by atoms with Crippen LogP contribution in [-0.4, -0.2) is 47.0 Å². The normalized spacial score (nSPS) is 21.2. The second-order valence-corrected chi connectivity index (χ2v) is 4.73. The molecule has 0 aromatic heterocycles. The highest BCUT2D eigenvalue weighted by atomic mass is 16.7. The highest BCUT2D eigenvalue weighted by Crippen LogP contribution is 2.27. The molecule has 2 heterocycles. The Morgan fingerprint density at radius 2 is 1.91 bits per heavy atom. The summed E-state index contributed by atoms with van der Waals surface area (Å²) in [5.41, 5.74) is 2.75. The van der Waals surface area contributed by atoms with Gasteiger partial charge in [-0.3, -0.25) is 19.3 Å². The van der Waals surface area contributed by atoms with E-state index in [0.29, 0.717) is 4.90 Å². The minimum Gasteiger partial charge on any atom is -0.481 e. The number of hydrogen-bond acceptors (Lipinski definition) is 6. The van der Waals surface area contributed by atoms with Crippen molar-refractivity contribution in [3.05, 3.63) is 47.4 Å². The van der Waals surface area contributed by atoms with Crippen LogP contribution < -0.4 is 5.48 Å². The number of ether oxygens (including phenoxy) is 1. The van der Waals surface area contributed by atoms with Crippen LogP contribution in [0.25, 0.3) is 0 Å². The van der Waals surface area contributed by atoms with Crippen LogP contribution in [0.4, 0.5) is 0 Å². The van der Waals surface area contributed by atoms with E-state index in [2.05, 4.69) is 5.48 Å². The number of carbonyl (C=O) groups excluding carboxylic acids is 2. The first-order valence-corrected chi connectivity index (χ1v) is 6.41. The van der Waals surface area contributed by atoms with Gasteiger partial charge in [-0.25, -0.2) is 10.3 Å². The number of carbonyl (C=O) groups is 3. The summed E-state index contributed by atoms with van der Waals surface area (Å²) in [6.45, 7) is 0. The van der Waals surface area contributed by atoms with Gasteiger partial charge in [0.05, 0.1) is 18.2 Å². The lowest BCUT2D eigenvalue weighted by Crippen LogP contribution is -2.51. The van der Waals surface area contributed by atoms with Gasteiger partial charge in [-0.2, -0.15) is 0 Å². The number of carboxylic acids is 1. The van der Waals surface area contributed by atoms with E-state index >= 15 is 0 Å². The van der Waals surface area contributed by atoms with E-state index in [9.17, 15) is 19.5 Å². The maximum absolute atomic E-state index is 12.4. The predicted molar refractivity (Wildman–Crippen MR) is 71.5 cm³/mol. The van der Waals surface area contributed by atoms with Crippen molar-refractivity contribution in [1.29, 1.82) is 0 Å². The number of methoxy groups -OCH3 is 1. The molecule has 114 valence electrons. The van der Waals surface area contributed by atoms with Gasteiger partial charge < -0.3 is 9.84 Å². The van der Waals surface area contributed by atoms with E-state index in [0.717, 1.165) is 0 Å². The molecule has 0 fully saturated rings. The molecule has 2 aliphatic heterocycles. The van der Waals surface area contributed by atoms with Crippen molar-refractivity contribution in [2.45, 2.75) is 12.1 Å². The topological polar surface area (TPSA) is 105 Å². The molecule has 2 atom stereocenters. The number of nitrogens with zero attached hydrogens (tertiary/aromatic N) is 1. The molecule has 2 N–H and O–H groups in total. The van der Waals surface area contributed by atoms with Gasteiger partial charge >= 0.3 is 5.97 Å². The molecule has 2 aliphatic rings. The molecular weight excluding hydrogens is 292 g/mol. The maximum atomic E-state index is 12.4. The molecule has 8 heteroatoms. The van der Waals surface area contributed by atoms with Crippen LogP contribution in [-0.2, 0) is 14.4 Å². The molecule has 22 heavy (non-hydrogen) atoms. The number of fused-ring (bicyclic) bond motifs is 1. The Morgan fingerprint density at radius 1 is 1.32 bits per heavy atom. The number of hydrogen-bond donors (Lipinski definition) is 2. The highest BCUT2D eigenvalue weighted by Gasteiger charge is 2.47. The third kappa shape index (κ3) is 2.01. The molecule has 0 bridgehead atoms. The molecule has 0 unspecified atom stereocenters. The van der Waals surface area contributed by atoms with Gasteiger partial charge in [0.1, 0.15) is 6.10 Å². The molecule has 0 radical (unpaired) electrons. The fraction of sp³-hybridized carbons (Fsp3) is 0.214. The quantitative estimate of drug-likeness (QED) is 0.761. The number of benzene rings is 1. The molecule has 3 rings (SSSR count). The van der Waals surface area contributed by atoms with Crippen molar-refractivity contribution in [1.82, 2.24) is 10.4 Å². The van der Waals surface area contributed by atoms with Crippen molar-refractivity contribution < 1.29 is 29.1 Å². The molecule has 1 aromatic rings. The molecular formula is C14H12N2O6. The lowest BCUT2D eigenvalue weighted by molar-refractivity contribution is -0.146. The van der Waals surface area contributed by atoms with E-state index in [-0.39, 0.29) is 17.0 Å². The molecule has 1 aromatic carbocycles. The largest absolute Gasteiger partial charge is 0.481 e. The Labute approximate surface area is 124 Å². The predicted octanol–water partition coefficient (Wildman–Crippen LogP) is 0.127. The SMILES string of the molecule is COC1=C[C@@H]([C@@H](C(=O)O)N2C(=O)c3ccccc3C2=O)ON1. The molecule has 8 nitrogen and oxygen atoms in total. The first kappa shape index (κ1) is 14.1. The molecule has 0 saturated heterocycles. The summed E-state index contributed by atoms with van der Waals surface area (Å²) in [5.74, 6) is -2.45. The standard InChI is InChI=1S/C14H12N2O6/c1-21-10-6-9(22-15-10)11(14(19)20)16-12(17)7-4-2-3-5-8(7)13(16)18/h2-6,9,11,15H,1H3,(H,19,20)/t9-,11-/m0/s1. The van der Waals surface area contributed by atoms with Crippen LogP contribution in [0.15, 0.2) is 36.2 Å². The summed E-state index contributed by atoms with van der Waals surface area (Å²) in [6, 6.07) is 4.70. The fourth-order valence-electron chi connectivity index (χ4n) is 2.47. The molecule has 0 aliphatic carbocycles. The first-order valence-electron chi connectivity index (χ1n) is 6.41. The summed E-state index contributed by atoms with van der Waals surface area (Å²) in [7, 11) is 1.38. The van der Waals surface area contributed by atoms with Crippen molar-refractivity contribution in [3.8, 4) is 0 Å². The van der Waals surface area contributed by atoms with Crippen LogP contribution >= 0.6 is 0 Å². The third-order valence-corrected chi connectivity index (χ3v) is 3.50. The number of imide groups is 1. The zero-order valence-corrected chi connectivity index (χ0v) is 11.5. The van der Waals surface area contributed by atoms with Gasteiger partial charge in [0.2, 0.25) is 5.88 Å². The van der Waals surface area contributed by atoms with Gasteiger partial charge in [0.25, 0.3) is 11.8 Å². The number of nitrogens with one attached hydrogen (secondary N) is 1. The number of carboxylic acid groups (broad SMARTS) is 1. The summed E-state index contributed by atoms with van der Waals surface area (Å²) in [4.78, 5) is 42.1. The fourth-order valence-corrected chi connectivity index (χ4v) is 2.47. The van der Waals surface area contributed by atoms with Crippen molar-refractivity contribution in [2.75, 3.05) is 7.11 Å². The summed E-state index contributed by atoms with van der Waals surface area (Å²) in [6.07, 6.45) is 0.317.